The van der Waals surface area contributed by atoms with E-state index in [1.54, 1.807) is 0 Å². The monoisotopic (exact) mass is 314 g/mol. The van der Waals surface area contributed by atoms with Crippen molar-refractivity contribution in [3.63, 3.8) is 0 Å². The molecule has 0 unspecified atom stereocenters. The number of benzene rings is 2. The molecule has 0 heterocycles. The lowest BCUT2D eigenvalue weighted by Crippen LogP contribution is -2.01. The maximum Gasteiger partial charge on any atom is 0.142 e. The van der Waals surface area contributed by atoms with Crippen molar-refractivity contribution in [3.8, 4) is 11.5 Å². The molecule has 0 fully saturated rings. The third-order valence-electron chi connectivity index (χ3n) is 3.73. The van der Waals surface area contributed by atoms with Gasteiger partial charge in [0.1, 0.15) is 11.5 Å². The van der Waals surface area contributed by atoms with Gasteiger partial charge in [-0.25, -0.2) is 0 Å². The first kappa shape index (κ1) is 17.0. The summed E-state index contributed by atoms with van der Waals surface area (Å²) >= 11 is 0. The van der Waals surface area contributed by atoms with Gasteiger partial charge in [-0.15, -0.1) is 0 Å². The number of anilines is 2. The van der Waals surface area contributed by atoms with Crippen molar-refractivity contribution < 1.29 is 9.47 Å². The van der Waals surface area contributed by atoms with Gasteiger partial charge in [0.25, 0.3) is 0 Å². The molecule has 2 aromatic rings. The Kier molecular flexibility index (Phi) is 6.60. The van der Waals surface area contributed by atoms with E-state index in [4.69, 9.17) is 20.9 Å². The zero-order valence-corrected chi connectivity index (χ0v) is 13.8. The van der Waals surface area contributed by atoms with Crippen LogP contribution in [0.3, 0.4) is 0 Å². The normalized spacial score (nSPS) is 10.5. The molecule has 4 heteroatoms. The van der Waals surface area contributed by atoms with Gasteiger partial charge in [-0.1, -0.05) is 18.2 Å². The summed E-state index contributed by atoms with van der Waals surface area (Å²) in [6, 6.07) is 13.4. The molecule has 0 amide bonds. The van der Waals surface area contributed by atoms with Crippen LogP contribution in [0.15, 0.2) is 42.5 Å². The summed E-state index contributed by atoms with van der Waals surface area (Å²) in [7, 11) is 0. The van der Waals surface area contributed by atoms with E-state index in [0.717, 1.165) is 55.0 Å². The minimum atomic E-state index is 0.693. The maximum atomic E-state index is 5.86. The molecule has 0 radical (unpaired) electrons. The molecule has 4 N–H and O–H groups in total. The molecule has 0 bridgehead atoms. The summed E-state index contributed by atoms with van der Waals surface area (Å²) in [5.74, 6) is 1.61. The van der Waals surface area contributed by atoms with E-state index in [2.05, 4.69) is 0 Å². The van der Waals surface area contributed by atoms with Crippen molar-refractivity contribution in [1.82, 2.24) is 0 Å². The molecular weight excluding hydrogens is 288 g/mol. The maximum absolute atomic E-state index is 5.86. The van der Waals surface area contributed by atoms with Crippen molar-refractivity contribution in [2.75, 3.05) is 24.7 Å². The van der Waals surface area contributed by atoms with Gasteiger partial charge in [0.15, 0.2) is 0 Å². The minimum Gasteiger partial charge on any atom is -0.494 e. The lowest BCUT2D eigenvalue weighted by Gasteiger charge is -2.09. The van der Waals surface area contributed by atoms with E-state index < -0.39 is 0 Å². The zero-order valence-electron chi connectivity index (χ0n) is 13.8. The fourth-order valence-electron chi connectivity index (χ4n) is 2.25. The third-order valence-corrected chi connectivity index (χ3v) is 3.73. The van der Waals surface area contributed by atoms with Gasteiger partial charge < -0.3 is 20.9 Å². The van der Waals surface area contributed by atoms with Gasteiger partial charge in [0, 0.05) is 11.8 Å². The number of nitrogen functional groups attached to an aromatic ring is 2. The van der Waals surface area contributed by atoms with E-state index in [1.165, 1.54) is 0 Å². The summed E-state index contributed by atoms with van der Waals surface area (Å²) in [6.07, 6.45) is 4.29. The van der Waals surface area contributed by atoms with E-state index in [-0.39, 0.29) is 0 Å². The molecule has 23 heavy (non-hydrogen) atoms. The van der Waals surface area contributed by atoms with Crippen molar-refractivity contribution in [2.24, 2.45) is 0 Å². The van der Waals surface area contributed by atoms with Gasteiger partial charge in [0.05, 0.1) is 18.9 Å². The van der Waals surface area contributed by atoms with Crippen LogP contribution in [-0.4, -0.2) is 13.2 Å². The van der Waals surface area contributed by atoms with Crippen LogP contribution in [0.2, 0.25) is 0 Å². The molecule has 0 atom stereocenters. The number of aryl methyl sites for hydroxylation is 1. The fourth-order valence-corrected chi connectivity index (χ4v) is 2.25. The standard InChI is InChI=1S/C19H26N2O2/c1-15-10-11-16(14-18(15)21)22-12-6-2-3-7-13-23-19-9-5-4-8-17(19)20/h4-5,8-11,14H,2-3,6-7,12-13,20-21H2,1H3. The van der Waals surface area contributed by atoms with Crippen LogP contribution in [-0.2, 0) is 0 Å². The van der Waals surface area contributed by atoms with E-state index in [1.807, 2.05) is 49.4 Å². The molecule has 0 aliphatic heterocycles. The summed E-state index contributed by atoms with van der Waals surface area (Å²) in [5, 5.41) is 0. The van der Waals surface area contributed by atoms with E-state index in [9.17, 15) is 0 Å². The highest BCUT2D eigenvalue weighted by Gasteiger charge is 1.99. The molecule has 4 nitrogen and oxygen atoms in total. The minimum absolute atomic E-state index is 0.693. The number of unbranched alkanes of at least 4 members (excludes halogenated alkanes) is 3. The first-order chi connectivity index (χ1) is 11.2. The molecule has 2 rings (SSSR count). The summed E-state index contributed by atoms with van der Waals surface area (Å²) < 4.78 is 11.4. The second-order valence-electron chi connectivity index (χ2n) is 5.67. The Balaban J connectivity index is 1.53. The second-order valence-corrected chi connectivity index (χ2v) is 5.67. The molecule has 0 saturated heterocycles. The average Bonchev–Trinajstić information content (AvgIpc) is 2.55. The van der Waals surface area contributed by atoms with Gasteiger partial charge in [0.2, 0.25) is 0 Å². The number of rotatable bonds is 9. The SMILES string of the molecule is Cc1ccc(OCCCCCCOc2ccccc2N)cc1N. The van der Waals surface area contributed by atoms with Crippen molar-refractivity contribution in [2.45, 2.75) is 32.6 Å². The van der Waals surface area contributed by atoms with Crippen LogP contribution in [0.25, 0.3) is 0 Å². The van der Waals surface area contributed by atoms with Gasteiger partial charge >= 0.3 is 0 Å². The number of hydrogen-bond donors (Lipinski definition) is 2. The summed E-state index contributed by atoms with van der Waals surface area (Å²) in [4.78, 5) is 0. The summed E-state index contributed by atoms with van der Waals surface area (Å²) in [5.41, 5.74) is 14.2. The van der Waals surface area contributed by atoms with Crippen molar-refractivity contribution in [1.29, 1.82) is 0 Å². The van der Waals surface area contributed by atoms with E-state index in [0.29, 0.717) is 12.3 Å². The van der Waals surface area contributed by atoms with Crippen molar-refractivity contribution >= 4 is 11.4 Å². The van der Waals surface area contributed by atoms with Crippen LogP contribution in [0, 0.1) is 6.92 Å². The Morgan fingerprint density at radius 2 is 1.48 bits per heavy atom. The predicted octanol–water partition coefficient (Wildman–Crippen LogP) is 4.18. The molecule has 124 valence electrons. The molecular formula is C19H26N2O2. The molecule has 0 spiro atoms. The summed E-state index contributed by atoms with van der Waals surface area (Å²) in [6.45, 7) is 3.41. The largest absolute Gasteiger partial charge is 0.494 e. The number of hydrogen-bond acceptors (Lipinski definition) is 4. The highest BCUT2D eigenvalue weighted by molar-refractivity contribution is 5.52. The molecule has 0 aliphatic carbocycles. The average molecular weight is 314 g/mol. The molecule has 2 aromatic carbocycles. The number of para-hydroxylation sites is 2. The molecule has 0 aliphatic rings. The molecule has 0 aromatic heterocycles. The number of nitrogens with two attached hydrogens (primary N) is 2. The fraction of sp³-hybridized carbons (Fsp3) is 0.368. The quantitative estimate of drug-likeness (QED) is 0.538. The van der Waals surface area contributed by atoms with Crippen LogP contribution in [0.1, 0.15) is 31.2 Å². The predicted molar refractivity (Wildman–Crippen MR) is 95.9 cm³/mol. The first-order valence-electron chi connectivity index (χ1n) is 8.13. The Bertz CT molecular complexity index is 614. The lowest BCUT2D eigenvalue weighted by molar-refractivity contribution is 0.288. The zero-order chi connectivity index (χ0) is 16.5. The Labute approximate surface area is 138 Å². The highest BCUT2D eigenvalue weighted by atomic mass is 16.5. The Morgan fingerprint density at radius 1 is 0.783 bits per heavy atom. The Hall–Kier alpha value is -2.36. The Morgan fingerprint density at radius 3 is 2.17 bits per heavy atom. The highest BCUT2D eigenvalue weighted by Crippen LogP contribution is 2.20. The van der Waals surface area contributed by atoms with Crippen LogP contribution < -0.4 is 20.9 Å². The second kappa shape index (κ2) is 8.93. The van der Waals surface area contributed by atoms with Crippen molar-refractivity contribution in [3.05, 3.63) is 48.0 Å². The van der Waals surface area contributed by atoms with Gasteiger partial charge in [-0.2, -0.15) is 0 Å². The first-order valence-corrected chi connectivity index (χ1v) is 8.13. The third kappa shape index (κ3) is 5.74. The van der Waals surface area contributed by atoms with Crippen LogP contribution >= 0.6 is 0 Å². The van der Waals surface area contributed by atoms with Crippen LogP contribution in [0.5, 0.6) is 11.5 Å². The smallest absolute Gasteiger partial charge is 0.142 e. The van der Waals surface area contributed by atoms with Gasteiger partial charge in [-0.05, 0) is 56.4 Å². The van der Waals surface area contributed by atoms with Crippen LogP contribution in [0.4, 0.5) is 11.4 Å². The lowest BCUT2D eigenvalue weighted by atomic mass is 10.2. The van der Waals surface area contributed by atoms with E-state index >= 15 is 0 Å². The van der Waals surface area contributed by atoms with Gasteiger partial charge in [-0.3, -0.25) is 0 Å². The molecule has 0 saturated carbocycles. The number of ether oxygens (including phenoxy) is 2. The topological polar surface area (TPSA) is 70.5 Å².